The van der Waals surface area contributed by atoms with E-state index in [1.54, 1.807) is 0 Å². The summed E-state index contributed by atoms with van der Waals surface area (Å²) in [6, 6.07) is 6.09. The van der Waals surface area contributed by atoms with Gasteiger partial charge in [0.1, 0.15) is 5.60 Å². The van der Waals surface area contributed by atoms with E-state index in [1.807, 2.05) is 18.2 Å². The molecule has 4 unspecified atom stereocenters. The molecule has 1 saturated carbocycles. The van der Waals surface area contributed by atoms with Crippen molar-refractivity contribution in [1.82, 2.24) is 10.6 Å². The third-order valence-electron chi connectivity index (χ3n) is 6.74. The van der Waals surface area contributed by atoms with Crippen molar-refractivity contribution in [3.8, 4) is 11.5 Å². The molecule has 2 fully saturated rings. The Hall–Kier alpha value is -2.24. The number of benzene rings is 1. The lowest BCUT2D eigenvalue weighted by Crippen LogP contribution is -2.55. The number of hydrogen-bond acceptors (Lipinski definition) is 4. The largest absolute Gasteiger partial charge is 0.483 e. The van der Waals surface area contributed by atoms with Gasteiger partial charge in [-0.1, -0.05) is 25.5 Å². The molecule has 0 bridgehead atoms. The standard InChI is InChI=1S/C24H34N2O4/c1-4-6-15-11-21(27)26-19-12-17(9-10-18(15)19)25-22(28)14-29-20-8-5-7-16-13-24(2,3)30-23(16)20/h5,7-8,15,17-19H,4,6,9-14H2,1-3H3,(H,25,28)(H,26,27). The molecule has 1 aliphatic carbocycles. The summed E-state index contributed by atoms with van der Waals surface area (Å²) in [6.07, 6.45) is 6.53. The lowest BCUT2D eigenvalue weighted by atomic mass is 9.70. The Bertz CT molecular complexity index is 806. The highest BCUT2D eigenvalue weighted by Gasteiger charge is 2.40. The van der Waals surface area contributed by atoms with Gasteiger partial charge >= 0.3 is 0 Å². The summed E-state index contributed by atoms with van der Waals surface area (Å²) in [6.45, 7) is 6.25. The molecule has 4 rings (SSSR count). The minimum Gasteiger partial charge on any atom is -0.483 e. The summed E-state index contributed by atoms with van der Waals surface area (Å²) in [7, 11) is 0. The molecular weight excluding hydrogens is 380 g/mol. The second-order valence-electron chi connectivity index (χ2n) is 9.74. The van der Waals surface area contributed by atoms with Gasteiger partial charge in [0.2, 0.25) is 5.91 Å². The van der Waals surface area contributed by atoms with E-state index in [0.29, 0.717) is 24.0 Å². The van der Waals surface area contributed by atoms with E-state index in [2.05, 4.69) is 31.4 Å². The van der Waals surface area contributed by atoms with Crippen LogP contribution in [0.15, 0.2) is 18.2 Å². The van der Waals surface area contributed by atoms with E-state index in [1.165, 1.54) is 0 Å². The number of para-hydroxylation sites is 1. The average molecular weight is 415 g/mol. The molecule has 6 heteroatoms. The summed E-state index contributed by atoms with van der Waals surface area (Å²) in [4.78, 5) is 24.6. The monoisotopic (exact) mass is 414 g/mol. The SMILES string of the molecule is CCCC1CC(=O)NC2CC(NC(=O)COc3cccc4c3OC(C)(C)C4)CCC12. The van der Waals surface area contributed by atoms with E-state index in [4.69, 9.17) is 9.47 Å². The Balaban J connectivity index is 1.30. The predicted octanol–water partition coefficient (Wildman–Crippen LogP) is 3.37. The molecule has 2 N–H and O–H groups in total. The van der Waals surface area contributed by atoms with Crippen LogP contribution in [-0.2, 0) is 16.0 Å². The molecule has 0 spiro atoms. The number of rotatable bonds is 6. The number of ether oxygens (including phenoxy) is 2. The van der Waals surface area contributed by atoms with Gasteiger partial charge in [0.25, 0.3) is 5.91 Å². The number of piperidine rings is 1. The summed E-state index contributed by atoms with van der Waals surface area (Å²) in [5.41, 5.74) is 0.869. The van der Waals surface area contributed by atoms with Crippen LogP contribution < -0.4 is 20.1 Å². The van der Waals surface area contributed by atoms with Crippen molar-refractivity contribution in [1.29, 1.82) is 0 Å². The normalized spacial score (nSPS) is 29.2. The van der Waals surface area contributed by atoms with Crippen LogP contribution in [0, 0.1) is 11.8 Å². The molecule has 3 aliphatic rings. The molecule has 2 aliphatic heterocycles. The maximum atomic E-state index is 12.5. The molecule has 2 heterocycles. The van der Waals surface area contributed by atoms with Gasteiger partial charge in [-0.25, -0.2) is 0 Å². The number of fused-ring (bicyclic) bond motifs is 2. The van der Waals surface area contributed by atoms with Crippen LogP contribution in [0.5, 0.6) is 11.5 Å². The molecule has 30 heavy (non-hydrogen) atoms. The zero-order chi connectivity index (χ0) is 21.3. The number of nitrogens with one attached hydrogen (secondary N) is 2. The van der Waals surface area contributed by atoms with Gasteiger partial charge in [-0.15, -0.1) is 0 Å². The number of amides is 2. The van der Waals surface area contributed by atoms with Crippen molar-refractivity contribution in [3.63, 3.8) is 0 Å². The first-order chi connectivity index (χ1) is 14.3. The van der Waals surface area contributed by atoms with E-state index >= 15 is 0 Å². The Labute approximate surface area is 179 Å². The van der Waals surface area contributed by atoms with E-state index in [0.717, 1.165) is 49.8 Å². The molecule has 164 valence electrons. The number of carbonyl (C=O) groups excluding carboxylic acids is 2. The van der Waals surface area contributed by atoms with Gasteiger partial charge < -0.3 is 20.1 Å². The fourth-order valence-electron chi connectivity index (χ4n) is 5.51. The second kappa shape index (κ2) is 8.48. The average Bonchev–Trinajstić information content (AvgIpc) is 3.00. The highest BCUT2D eigenvalue weighted by Crippen LogP contribution is 2.42. The first kappa shape index (κ1) is 21.0. The molecule has 0 aromatic heterocycles. The topological polar surface area (TPSA) is 76.7 Å². The van der Waals surface area contributed by atoms with Crippen LogP contribution in [0.4, 0.5) is 0 Å². The Morgan fingerprint density at radius 1 is 1.33 bits per heavy atom. The number of carbonyl (C=O) groups is 2. The molecule has 1 aromatic carbocycles. The van der Waals surface area contributed by atoms with Crippen LogP contribution >= 0.6 is 0 Å². The molecule has 4 atom stereocenters. The van der Waals surface area contributed by atoms with E-state index in [-0.39, 0.29) is 36.1 Å². The minimum atomic E-state index is -0.247. The van der Waals surface area contributed by atoms with Gasteiger partial charge in [0.05, 0.1) is 0 Å². The van der Waals surface area contributed by atoms with Crippen LogP contribution in [0.25, 0.3) is 0 Å². The highest BCUT2D eigenvalue weighted by atomic mass is 16.5. The van der Waals surface area contributed by atoms with Crippen LogP contribution in [0.3, 0.4) is 0 Å². The molecular formula is C24H34N2O4. The predicted molar refractivity (Wildman–Crippen MR) is 115 cm³/mol. The van der Waals surface area contributed by atoms with E-state index < -0.39 is 0 Å². The van der Waals surface area contributed by atoms with Gasteiger partial charge in [0, 0.05) is 30.5 Å². The third kappa shape index (κ3) is 4.57. The van der Waals surface area contributed by atoms with Crippen molar-refractivity contribution < 1.29 is 19.1 Å². The van der Waals surface area contributed by atoms with Gasteiger partial charge in [-0.05, 0) is 57.4 Å². The maximum absolute atomic E-state index is 12.5. The molecule has 2 amide bonds. The fraction of sp³-hybridized carbons (Fsp3) is 0.667. The molecule has 0 radical (unpaired) electrons. The first-order valence-corrected chi connectivity index (χ1v) is 11.4. The lowest BCUT2D eigenvalue weighted by Gasteiger charge is -2.44. The Morgan fingerprint density at radius 3 is 2.97 bits per heavy atom. The van der Waals surface area contributed by atoms with Gasteiger partial charge in [0.15, 0.2) is 18.1 Å². The van der Waals surface area contributed by atoms with Crippen molar-refractivity contribution in [3.05, 3.63) is 23.8 Å². The van der Waals surface area contributed by atoms with Crippen molar-refractivity contribution in [2.24, 2.45) is 11.8 Å². The van der Waals surface area contributed by atoms with Crippen molar-refractivity contribution >= 4 is 11.8 Å². The fourth-order valence-corrected chi connectivity index (χ4v) is 5.51. The molecule has 1 saturated heterocycles. The quantitative estimate of drug-likeness (QED) is 0.748. The maximum Gasteiger partial charge on any atom is 0.258 e. The summed E-state index contributed by atoms with van der Waals surface area (Å²) in [5.74, 6) is 2.44. The van der Waals surface area contributed by atoms with Crippen molar-refractivity contribution in [2.45, 2.75) is 83.4 Å². The van der Waals surface area contributed by atoms with Crippen LogP contribution in [0.1, 0.15) is 64.9 Å². The highest BCUT2D eigenvalue weighted by molar-refractivity contribution is 5.78. The third-order valence-corrected chi connectivity index (χ3v) is 6.74. The van der Waals surface area contributed by atoms with Gasteiger partial charge in [-0.2, -0.15) is 0 Å². The zero-order valence-electron chi connectivity index (χ0n) is 18.3. The summed E-state index contributed by atoms with van der Waals surface area (Å²) >= 11 is 0. The van der Waals surface area contributed by atoms with Gasteiger partial charge in [-0.3, -0.25) is 9.59 Å². The van der Waals surface area contributed by atoms with E-state index in [9.17, 15) is 9.59 Å². The Kier molecular flexibility index (Phi) is 5.94. The van der Waals surface area contributed by atoms with Crippen LogP contribution in [0.2, 0.25) is 0 Å². The molecule has 1 aromatic rings. The smallest absolute Gasteiger partial charge is 0.258 e. The second-order valence-corrected chi connectivity index (χ2v) is 9.74. The Morgan fingerprint density at radius 2 is 2.17 bits per heavy atom. The minimum absolute atomic E-state index is 0.0321. The summed E-state index contributed by atoms with van der Waals surface area (Å²) < 4.78 is 11.8. The number of hydrogen-bond donors (Lipinski definition) is 2. The van der Waals surface area contributed by atoms with Crippen LogP contribution in [-0.4, -0.2) is 36.1 Å². The van der Waals surface area contributed by atoms with Crippen molar-refractivity contribution in [2.75, 3.05) is 6.61 Å². The first-order valence-electron chi connectivity index (χ1n) is 11.4. The molecule has 6 nitrogen and oxygen atoms in total. The summed E-state index contributed by atoms with van der Waals surface area (Å²) in [5, 5.41) is 6.28. The lowest BCUT2D eigenvalue weighted by molar-refractivity contribution is -0.127. The zero-order valence-corrected chi connectivity index (χ0v) is 18.3.